The number of hydrogen-bond donors (Lipinski definition) is 1. The number of carbonyl (C=O) groups is 1. The monoisotopic (exact) mass is 319 g/mol. The highest BCUT2D eigenvalue weighted by Gasteiger charge is 2.76. The predicted octanol–water partition coefficient (Wildman–Crippen LogP) is 2.51. The summed E-state index contributed by atoms with van der Waals surface area (Å²) in [7, 11) is -3.91. The van der Waals surface area contributed by atoms with E-state index in [1.54, 1.807) is 6.08 Å². The Morgan fingerprint density at radius 3 is 2.23 bits per heavy atom. The molecule has 0 aromatic heterocycles. The Hall–Kier alpha value is -1.46. The summed E-state index contributed by atoms with van der Waals surface area (Å²) < 4.78 is 23.7. The molecule has 1 aromatic rings. The van der Waals surface area contributed by atoms with Gasteiger partial charge in [0.2, 0.25) is 10.0 Å². The third kappa shape index (κ3) is 1.56. The molecule has 2 unspecified atom stereocenters. The van der Waals surface area contributed by atoms with Crippen LogP contribution in [0.5, 0.6) is 0 Å². The molecule has 3 rings (SSSR count). The number of hydrogen-bond acceptors (Lipinski definition) is 3. The number of fused-ring (bicyclic) bond motifs is 2. The van der Waals surface area contributed by atoms with Gasteiger partial charge in [-0.05, 0) is 24.5 Å². The van der Waals surface area contributed by atoms with Crippen molar-refractivity contribution in [1.29, 1.82) is 0 Å². The van der Waals surface area contributed by atoms with Crippen molar-refractivity contribution in [3.05, 3.63) is 41.5 Å². The molecule has 4 nitrogen and oxygen atoms in total. The Morgan fingerprint density at radius 2 is 1.68 bits per heavy atom. The molecule has 5 heteroatoms. The lowest BCUT2D eigenvalue weighted by Crippen LogP contribution is -2.50. The normalized spacial score (nSPS) is 35.3. The van der Waals surface area contributed by atoms with Crippen LogP contribution in [-0.4, -0.2) is 18.9 Å². The number of ketones is 1. The minimum absolute atomic E-state index is 0.0818. The summed E-state index contributed by atoms with van der Waals surface area (Å²) in [6.45, 7) is 5.58. The molecule has 0 aliphatic heterocycles. The Morgan fingerprint density at radius 1 is 1.09 bits per heavy atom. The van der Waals surface area contributed by atoms with Gasteiger partial charge in [0, 0.05) is 16.4 Å². The van der Waals surface area contributed by atoms with E-state index in [1.807, 2.05) is 51.1 Å². The molecule has 0 saturated heterocycles. The average molecular weight is 319 g/mol. The van der Waals surface area contributed by atoms with E-state index in [9.17, 15) is 13.2 Å². The molecule has 0 radical (unpaired) electrons. The van der Waals surface area contributed by atoms with Gasteiger partial charge in [0.1, 0.15) is 4.75 Å². The molecule has 0 spiro atoms. The Balaban J connectivity index is 2.32. The summed E-state index contributed by atoms with van der Waals surface area (Å²) in [5.41, 5.74) is -0.230. The van der Waals surface area contributed by atoms with Crippen molar-refractivity contribution in [2.24, 2.45) is 16.0 Å². The maximum Gasteiger partial charge on any atom is 0.219 e. The van der Waals surface area contributed by atoms with Gasteiger partial charge >= 0.3 is 0 Å². The van der Waals surface area contributed by atoms with Crippen LogP contribution in [0, 0.1) is 10.8 Å². The van der Waals surface area contributed by atoms with E-state index >= 15 is 0 Å². The lowest BCUT2D eigenvalue weighted by Gasteiger charge is -2.38. The smallest absolute Gasteiger partial charge is 0.219 e. The quantitative estimate of drug-likeness (QED) is 0.851. The van der Waals surface area contributed by atoms with Crippen LogP contribution >= 0.6 is 0 Å². The first-order valence-electron chi connectivity index (χ1n) is 7.42. The second kappa shape index (κ2) is 4.30. The molecular weight excluding hydrogens is 298 g/mol. The predicted molar refractivity (Wildman–Crippen MR) is 86.4 cm³/mol. The van der Waals surface area contributed by atoms with Crippen molar-refractivity contribution in [2.75, 3.05) is 0 Å². The van der Waals surface area contributed by atoms with Crippen LogP contribution in [0.3, 0.4) is 0 Å². The molecule has 2 atom stereocenters. The van der Waals surface area contributed by atoms with E-state index in [1.165, 1.54) is 0 Å². The summed E-state index contributed by atoms with van der Waals surface area (Å²) in [6.07, 6.45) is 2.67. The Kier molecular flexibility index (Phi) is 3.01. The van der Waals surface area contributed by atoms with E-state index < -0.39 is 25.6 Å². The van der Waals surface area contributed by atoms with Crippen molar-refractivity contribution in [1.82, 2.24) is 0 Å². The summed E-state index contributed by atoms with van der Waals surface area (Å²) in [4.78, 5) is 13.0. The third-order valence-electron chi connectivity index (χ3n) is 6.14. The van der Waals surface area contributed by atoms with Crippen molar-refractivity contribution < 1.29 is 13.2 Å². The minimum Gasteiger partial charge on any atom is -0.294 e. The molecule has 0 amide bonds. The highest BCUT2D eigenvalue weighted by Crippen LogP contribution is 2.70. The zero-order valence-corrected chi connectivity index (χ0v) is 13.9. The van der Waals surface area contributed by atoms with Gasteiger partial charge in [-0.1, -0.05) is 51.1 Å². The zero-order chi connectivity index (χ0) is 16.4. The lowest BCUT2D eigenvalue weighted by molar-refractivity contribution is -0.125. The number of nitrogens with two attached hydrogens (primary N) is 1. The molecule has 2 aliphatic rings. The fraction of sp³-hybridized carbons (Fsp3) is 0.471. The minimum atomic E-state index is -3.91. The third-order valence-corrected chi connectivity index (χ3v) is 8.05. The van der Waals surface area contributed by atoms with Crippen LogP contribution in [0.2, 0.25) is 0 Å². The van der Waals surface area contributed by atoms with E-state index in [0.717, 1.165) is 5.56 Å². The molecule has 0 heterocycles. The highest BCUT2D eigenvalue weighted by molar-refractivity contribution is 7.91. The standard InChI is InChI=1S/C17H21NO3S/c1-15(2)16(3)9-10-17(15,22(18,20)21)13(14(16)19)11-12-7-5-4-6-8-12/h4-8,11H,9-10H2,1-3H3,(H2,18,20,21)/b13-11+. The number of rotatable bonds is 2. The fourth-order valence-corrected chi connectivity index (χ4v) is 6.18. The topological polar surface area (TPSA) is 77.2 Å². The maximum absolute atomic E-state index is 13.0. The first kappa shape index (κ1) is 15.4. The van der Waals surface area contributed by atoms with Gasteiger partial charge in [0.25, 0.3) is 0 Å². The second-order valence-corrected chi connectivity index (χ2v) is 8.91. The molecule has 22 heavy (non-hydrogen) atoms. The molecule has 2 bridgehead atoms. The van der Waals surface area contributed by atoms with Crippen LogP contribution in [-0.2, 0) is 14.8 Å². The van der Waals surface area contributed by atoms with E-state index in [2.05, 4.69) is 0 Å². The second-order valence-electron chi connectivity index (χ2n) is 7.13. The van der Waals surface area contributed by atoms with Gasteiger partial charge in [-0.2, -0.15) is 0 Å². The summed E-state index contributed by atoms with van der Waals surface area (Å²) in [6, 6.07) is 9.32. The van der Waals surface area contributed by atoms with E-state index in [0.29, 0.717) is 18.4 Å². The van der Waals surface area contributed by atoms with E-state index in [-0.39, 0.29) is 5.78 Å². The van der Waals surface area contributed by atoms with Crippen molar-refractivity contribution >= 4 is 21.9 Å². The van der Waals surface area contributed by atoms with Crippen LogP contribution in [0.25, 0.3) is 6.08 Å². The van der Waals surface area contributed by atoms with Crippen LogP contribution in [0.4, 0.5) is 0 Å². The van der Waals surface area contributed by atoms with Gasteiger partial charge in [0.05, 0.1) is 0 Å². The van der Waals surface area contributed by atoms with Gasteiger partial charge in [0.15, 0.2) is 5.78 Å². The first-order valence-corrected chi connectivity index (χ1v) is 8.97. The summed E-state index contributed by atoms with van der Waals surface area (Å²) in [5.74, 6) is -0.0818. The van der Waals surface area contributed by atoms with Gasteiger partial charge < -0.3 is 0 Å². The van der Waals surface area contributed by atoms with Gasteiger partial charge in [-0.15, -0.1) is 0 Å². The fourth-order valence-electron chi connectivity index (χ4n) is 4.40. The van der Waals surface area contributed by atoms with Crippen LogP contribution in [0.15, 0.2) is 35.9 Å². The van der Waals surface area contributed by atoms with Gasteiger partial charge in [-0.3, -0.25) is 4.79 Å². The zero-order valence-electron chi connectivity index (χ0n) is 13.1. The number of benzene rings is 1. The summed E-state index contributed by atoms with van der Waals surface area (Å²) >= 11 is 0. The number of Topliss-reactive ketones (excluding diaryl/α,β-unsaturated/α-hetero) is 1. The molecule has 118 valence electrons. The van der Waals surface area contributed by atoms with Crippen molar-refractivity contribution in [2.45, 2.75) is 38.4 Å². The highest BCUT2D eigenvalue weighted by atomic mass is 32.2. The molecule has 2 N–H and O–H groups in total. The number of primary sulfonamides is 1. The number of sulfonamides is 1. The van der Waals surface area contributed by atoms with Crippen LogP contribution in [0.1, 0.15) is 39.2 Å². The first-order chi connectivity index (χ1) is 10.1. The Labute approximate surface area is 131 Å². The van der Waals surface area contributed by atoms with Crippen molar-refractivity contribution in [3.63, 3.8) is 0 Å². The maximum atomic E-state index is 13.0. The number of carbonyl (C=O) groups excluding carboxylic acids is 1. The van der Waals surface area contributed by atoms with Crippen molar-refractivity contribution in [3.8, 4) is 0 Å². The Bertz CT molecular complexity index is 779. The van der Waals surface area contributed by atoms with E-state index in [4.69, 9.17) is 5.14 Å². The molecular formula is C17H21NO3S. The molecule has 2 fully saturated rings. The summed E-state index contributed by atoms with van der Waals surface area (Å²) in [5, 5.41) is 5.63. The average Bonchev–Trinajstić information content (AvgIpc) is 2.71. The lowest BCUT2D eigenvalue weighted by atomic mass is 9.70. The molecule has 2 aliphatic carbocycles. The molecule has 1 aromatic carbocycles. The van der Waals surface area contributed by atoms with Crippen LogP contribution < -0.4 is 5.14 Å². The largest absolute Gasteiger partial charge is 0.294 e. The molecule has 2 saturated carbocycles. The van der Waals surface area contributed by atoms with Gasteiger partial charge in [-0.25, -0.2) is 13.6 Å². The SMILES string of the molecule is CC12CCC(S(N)(=O)=O)(/C(=C/c3ccccc3)C1=O)C2(C)C.